The van der Waals surface area contributed by atoms with Crippen molar-refractivity contribution in [1.82, 2.24) is 16.0 Å². The van der Waals surface area contributed by atoms with Crippen LogP contribution in [0.3, 0.4) is 0 Å². The number of halogens is 1. The lowest BCUT2D eigenvalue weighted by Crippen LogP contribution is -2.46. The molecule has 1 aliphatic rings. The average molecular weight is 349 g/mol. The van der Waals surface area contributed by atoms with Crippen LogP contribution < -0.4 is 16.0 Å². The van der Waals surface area contributed by atoms with Crippen LogP contribution in [0.4, 0.5) is 9.18 Å². The van der Waals surface area contributed by atoms with Gasteiger partial charge in [-0.3, -0.25) is 0 Å². The van der Waals surface area contributed by atoms with Gasteiger partial charge >= 0.3 is 12.0 Å². The van der Waals surface area contributed by atoms with Gasteiger partial charge in [0.1, 0.15) is 5.82 Å². The molecular weight excluding hydrogens is 325 g/mol. The third-order valence-electron chi connectivity index (χ3n) is 3.97. The summed E-state index contributed by atoms with van der Waals surface area (Å²) >= 11 is 0. The molecule has 0 saturated carbocycles. The molecule has 0 saturated heterocycles. The van der Waals surface area contributed by atoms with Crippen LogP contribution in [0, 0.1) is 11.7 Å². The lowest BCUT2D eigenvalue weighted by atomic mass is 9.95. The highest BCUT2D eigenvalue weighted by Gasteiger charge is 2.25. The summed E-state index contributed by atoms with van der Waals surface area (Å²) in [5, 5.41) is 8.58. The van der Waals surface area contributed by atoms with Gasteiger partial charge in [0.05, 0.1) is 18.7 Å². The van der Waals surface area contributed by atoms with E-state index in [9.17, 15) is 14.0 Å². The van der Waals surface area contributed by atoms with Gasteiger partial charge in [-0.25, -0.2) is 14.0 Å². The average Bonchev–Trinajstić information content (AvgIpc) is 2.56. The summed E-state index contributed by atoms with van der Waals surface area (Å²) in [5.74, 6) is -0.506. The second-order valence-corrected chi connectivity index (χ2v) is 6.14. The summed E-state index contributed by atoms with van der Waals surface area (Å²) in [5.41, 5.74) is 1.83. The minimum Gasteiger partial charge on any atom is -0.463 e. The topological polar surface area (TPSA) is 79.5 Å². The second-order valence-electron chi connectivity index (χ2n) is 6.14. The van der Waals surface area contributed by atoms with E-state index >= 15 is 0 Å². The number of hydrogen-bond donors (Lipinski definition) is 3. The monoisotopic (exact) mass is 349 g/mol. The summed E-state index contributed by atoms with van der Waals surface area (Å²) in [6.45, 7) is 6.51. The molecule has 3 N–H and O–H groups in total. The van der Waals surface area contributed by atoms with Gasteiger partial charge in [-0.15, -0.1) is 0 Å². The number of urea groups is 1. The Balaban J connectivity index is 2.17. The molecule has 6 nitrogen and oxygen atoms in total. The maximum Gasteiger partial charge on any atom is 0.337 e. The molecule has 0 bridgehead atoms. The Bertz CT molecular complexity index is 656. The first-order valence-corrected chi connectivity index (χ1v) is 8.35. The molecule has 1 heterocycles. The minimum atomic E-state index is -0.449. The molecule has 25 heavy (non-hydrogen) atoms. The maximum absolute atomic E-state index is 13.1. The fourth-order valence-corrected chi connectivity index (χ4v) is 2.72. The predicted octanol–water partition coefficient (Wildman–Crippen LogP) is 2.24. The molecule has 0 fully saturated rings. The molecular formula is C18H24FN3O3. The Morgan fingerprint density at radius 2 is 2.00 bits per heavy atom. The van der Waals surface area contributed by atoms with E-state index in [1.807, 2.05) is 13.8 Å². The van der Waals surface area contributed by atoms with Gasteiger partial charge in [0.25, 0.3) is 0 Å². The fraction of sp³-hybridized carbons (Fsp3) is 0.444. The van der Waals surface area contributed by atoms with E-state index in [2.05, 4.69) is 16.0 Å². The third-order valence-corrected chi connectivity index (χ3v) is 3.97. The SMILES string of the molecule is CCOC(=O)C1=C(CNC(c2ccc(F)cc2)C(C)C)NC(=O)NC1. The standard InChI is InChI=1S/C18H24FN3O3/c1-4-25-17(23)14-9-21-18(24)22-15(14)10-20-16(11(2)3)12-5-7-13(19)8-6-12/h5-8,11,16,20H,4,9-10H2,1-3H3,(H2,21,22,24). The van der Waals surface area contributed by atoms with Crippen LogP contribution >= 0.6 is 0 Å². The van der Waals surface area contributed by atoms with Crippen LogP contribution in [-0.4, -0.2) is 31.7 Å². The molecule has 7 heteroatoms. The molecule has 0 spiro atoms. The van der Waals surface area contributed by atoms with E-state index in [4.69, 9.17) is 4.74 Å². The zero-order valence-electron chi connectivity index (χ0n) is 14.7. The van der Waals surface area contributed by atoms with E-state index in [0.717, 1.165) is 5.56 Å². The first kappa shape index (κ1) is 18.9. The van der Waals surface area contributed by atoms with Crippen molar-refractivity contribution < 1.29 is 18.7 Å². The summed E-state index contributed by atoms with van der Waals surface area (Å²) in [4.78, 5) is 23.7. The smallest absolute Gasteiger partial charge is 0.337 e. The Kier molecular flexibility index (Phi) is 6.52. The number of carbonyl (C=O) groups excluding carboxylic acids is 2. The van der Waals surface area contributed by atoms with Crippen molar-refractivity contribution >= 4 is 12.0 Å². The zero-order chi connectivity index (χ0) is 18.4. The first-order chi connectivity index (χ1) is 11.9. The van der Waals surface area contributed by atoms with Crippen molar-refractivity contribution in [3.05, 3.63) is 46.9 Å². The highest BCUT2D eigenvalue weighted by Crippen LogP contribution is 2.22. The van der Waals surface area contributed by atoms with Crippen molar-refractivity contribution in [2.75, 3.05) is 19.7 Å². The molecule has 2 amide bonds. The number of ether oxygens (including phenoxy) is 1. The van der Waals surface area contributed by atoms with Gasteiger partial charge in [0.15, 0.2) is 0 Å². The van der Waals surface area contributed by atoms with Gasteiger partial charge in [0.2, 0.25) is 0 Å². The number of nitrogens with one attached hydrogen (secondary N) is 3. The molecule has 1 atom stereocenters. The van der Waals surface area contributed by atoms with Crippen molar-refractivity contribution in [3.8, 4) is 0 Å². The molecule has 1 unspecified atom stereocenters. The van der Waals surface area contributed by atoms with Gasteiger partial charge in [-0.1, -0.05) is 26.0 Å². The van der Waals surface area contributed by atoms with E-state index in [1.165, 1.54) is 12.1 Å². The number of hydrogen-bond acceptors (Lipinski definition) is 4. The van der Waals surface area contributed by atoms with Crippen LogP contribution in [0.15, 0.2) is 35.5 Å². The number of rotatable bonds is 7. The molecule has 2 rings (SSSR count). The van der Waals surface area contributed by atoms with Crippen LogP contribution in [0.2, 0.25) is 0 Å². The Morgan fingerprint density at radius 1 is 1.32 bits per heavy atom. The number of amides is 2. The quantitative estimate of drug-likeness (QED) is 0.660. The van der Waals surface area contributed by atoms with E-state index < -0.39 is 5.97 Å². The zero-order valence-corrected chi connectivity index (χ0v) is 14.7. The van der Waals surface area contributed by atoms with Crippen molar-refractivity contribution in [1.29, 1.82) is 0 Å². The van der Waals surface area contributed by atoms with Crippen molar-refractivity contribution in [3.63, 3.8) is 0 Å². The first-order valence-electron chi connectivity index (χ1n) is 8.35. The molecule has 1 aliphatic heterocycles. The second kappa shape index (κ2) is 8.62. The minimum absolute atomic E-state index is 0.0525. The summed E-state index contributed by atoms with van der Waals surface area (Å²) in [6.07, 6.45) is 0. The number of carbonyl (C=O) groups is 2. The van der Waals surface area contributed by atoms with Crippen molar-refractivity contribution in [2.24, 2.45) is 5.92 Å². The van der Waals surface area contributed by atoms with Gasteiger partial charge in [-0.2, -0.15) is 0 Å². The van der Waals surface area contributed by atoms with Crippen LogP contribution in [0.25, 0.3) is 0 Å². The molecule has 1 aromatic rings. The Labute approximate surface area is 146 Å². The Morgan fingerprint density at radius 3 is 2.60 bits per heavy atom. The highest BCUT2D eigenvalue weighted by molar-refractivity contribution is 5.93. The van der Waals surface area contributed by atoms with Crippen LogP contribution in [0.1, 0.15) is 32.4 Å². The maximum atomic E-state index is 13.1. The van der Waals surface area contributed by atoms with Crippen molar-refractivity contribution in [2.45, 2.75) is 26.8 Å². The van der Waals surface area contributed by atoms with E-state index in [-0.39, 0.29) is 37.0 Å². The highest BCUT2D eigenvalue weighted by atomic mass is 19.1. The molecule has 136 valence electrons. The summed E-state index contributed by atoms with van der Waals surface area (Å²) in [6, 6.07) is 5.89. The van der Waals surface area contributed by atoms with Gasteiger partial charge in [0, 0.05) is 18.3 Å². The summed E-state index contributed by atoms with van der Waals surface area (Å²) < 4.78 is 18.2. The third kappa shape index (κ3) is 5.03. The van der Waals surface area contributed by atoms with Crippen LogP contribution in [0.5, 0.6) is 0 Å². The number of esters is 1. The fourth-order valence-electron chi connectivity index (χ4n) is 2.72. The molecule has 0 aliphatic carbocycles. The Hall–Kier alpha value is -2.41. The molecule has 0 aromatic heterocycles. The predicted molar refractivity (Wildman–Crippen MR) is 92.2 cm³/mol. The largest absolute Gasteiger partial charge is 0.463 e. The number of benzene rings is 1. The van der Waals surface area contributed by atoms with Gasteiger partial charge < -0.3 is 20.7 Å². The van der Waals surface area contributed by atoms with E-state index in [1.54, 1.807) is 19.1 Å². The lowest BCUT2D eigenvalue weighted by molar-refractivity contribution is -0.138. The normalized spacial score (nSPS) is 15.6. The van der Waals surface area contributed by atoms with Gasteiger partial charge in [-0.05, 0) is 30.5 Å². The summed E-state index contributed by atoms with van der Waals surface area (Å²) in [7, 11) is 0. The van der Waals surface area contributed by atoms with Crippen LogP contribution in [-0.2, 0) is 9.53 Å². The molecule has 0 radical (unpaired) electrons. The lowest BCUT2D eigenvalue weighted by Gasteiger charge is -2.26. The van der Waals surface area contributed by atoms with E-state index in [0.29, 0.717) is 17.8 Å². The molecule has 1 aromatic carbocycles.